The lowest BCUT2D eigenvalue weighted by Gasteiger charge is -2.44. The summed E-state index contributed by atoms with van der Waals surface area (Å²) in [6.45, 7) is 9.62. The molecule has 1 rings (SSSR count). The average molecular weight is 1010 g/mol. The van der Waals surface area contributed by atoms with Crippen molar-refractivity contribution in [3.05, 3.63) is 29.8 Å². The minimum absolute atomic E-state index is 0.0287. The molecule has 27 heteroatoms. The molecule has 0 radical (unpaired) electrons. The third-order valence-corrected chi connectivity index (χ3v) is 16.0. The quantitative estimate of drug-likeness (QED) is 0.0231. The third kappa shape index (κ3) is 20.9. The Hall–Kier alpha value is -6.74. The van der Waals surface area contributed by atoms with E-state index in [1.54, 1.807) is 12.1 Å². The van der Waals surface area contributed by atoms with Crippen LogP contribution < -0.4 is 53.5 Å². The monoisotopic (exact) mass is 1010 g/mol. The molecule has 0 aliphatic rings. The number of nitrogens with one attached hydrogen (secondary N) is 8. The van der Waals surface area contributed by atoms with E-state index in [2.05, 4.69) is 31.9 Å². The number of nitrogens with two attached hydrogens (primary N) is 1. The van der Waals surface area contributed by atoms with Gasteiger partial charge in [0.15, 0.2) is 0 Å². The van der Waals surface area contributed by atoms with Crippen LogP contribution >= 0.6 is 0 Å². The zero-order valence-electron chi connectivity index (χ0n) is 40.1. The van der Waals surface area contributed by atoms with Gasteiger partial charge >= 0.3 is 29.9 Å². The fraction of sp³-hybridized carbons (Fsp3) is 0.605. The molecular formula is C43H68FN9O16Si. The first-order chi connectivity index (χ1) is 32.4. The van der Waals surface area contributed by atoms with Gasteiger partial charge in [-0.2, -0.15) is 0 Å². The number of urea groups is 1. The lowest BCUT2D eigenvalue weighted by atomic mass is 10.1. The first-order valence-electron chi connectivity index (χ1n) is 22.3. The van der Waals surface area contributed by atoms with E-state index in [-0.39, 0.29) is 57.4 Å². The van der Waals surface area contributed by atoms with Crippen LogP contribution in [-0.4, -0.2) is 162 Å². The fourth-order valence-corrected chi connectivity index (χ4v) is 11.7. The summed E-state index contributed by atoms with van der Waals surface area (Å²) >= 11 is 0. The summed E-state index contributed by atoms with van der Waals surface area (Å²) in [4.78, 5) is 133. The summed E-state index contributed by atoms with van der Waals surface area (Å²) in [6.07, 6.45) is -2.72. The van der Waals surface area contributed by atoms with Gasteiger partial charge in [-0.1, -0.05) is 53.7 Å². The first-order valence-corrected chi connectivity index (χ1v) is 24.1. The van der Waals surface area contributed by atoms with Crippen LogP contribution in [-0.2, 0) is 43.2 Å². The van der Waals surface area contributed by atoms with Crippen molar-refractivity contribution in [3.8, 4) is 0 Å². The highest BCUT2D eigenvalue weighted by molar-refractivity contribution is 6.90. The second kappa shape index (κ2) is 28.7. The van der Waals surface area contributed by atoms with E-state index >= 15 is 4.11 Å². The maximum Gasteiger partial charge on any atom is 0.326 e. The molecule has 0 aliphatic carbocycles. The van der Waals surface area contributed by atoms with E-state index in [0.29, 0.717) is 5.19 Å². The van der Waals surface area contributed by atoms with Crippen molar-refractivity contribution in [3.63, 3.8) is 0 Å². The van der Waals surface area contributed by atoms with Crippen LogP contribution in [0.15, 0.2) is 24.3 Å². The number of carbonyl (C=O) groups is 11. The number of carbonyl (C=O) groups excluding carboxylic acids is 7. The summed E-state index contributed by atoms with van der Waals surface area (Å²) in [5, 5.41) is 64.1. The number of aliphatic hydroxyl groups excluding tert-OH is 1. The van der Waals surface area contributed by atoms with Crippen LogP contribution in [0.25, 0.3) is 0 Å². The number of hydrogen-bond donors (Lipinski definition) is 14. The topological polar surface area (TPSA) is 411 Å². The smallest absolute Gasteiger partial charge is 0.326 e. The predicted molar refractivity (Wildman–Crippen MR) is 249 cm³/mol. The minimum atomic E-state index is -3.56. The van der Waals surface area contributed by atoms with Crippen LogP contribution in [0.5, 0.6) is 0 Å². The van der Waals surface area contributed by atoms with Gasteiger partial charge in [-0.05, 0) is 53.1 Å². The van der Waals surface area contributed by atoms with Gasteiger partial charge in [0.05, 0.1) is 6.61 Å². The van der Waals surface area contributed by atoms with E-state index in [1.807, 2.05) is 52.2 Å². The molecule has 0 fully saturated rings. The second-order valence-electron chi connectivity index (χ2n) is 18.3. The number of hydrogen-bond acceptors (Lipinski definition) is 13. The summed E-state index contributed by atoms with van der Waals surface area (Å²) in [5.74, 6) is -10.2. The van der Waals surface area contributed by atoms with Gasteiger partial charge in [0.2, 0.25) is 29.5 Å². The lowest BCUT2D eigenvalue weighted by Crippen LogP contribution is -2.57. The summed E-state index contributed by atoms with van der Waals surface area (Å²) in [6, 6.07) is -2.61. The molecule has 0 saturated carbocycles. The molecule has 8 amide bonds. The number of rotatable bonds is 30. The summed E-state index contributed by atoms with van der Waals surface area (Å²) < 4.78 is 16.6. The predicted octanol–water partition coefficient (Wildman–Crippen LogP) is -1.73. The molecule has 1 aromatic carbocycles. The summed E-state index contributed by atoms with van der Waals surface area (Å²) in [5.41, 5.74) is 6.13. The Bertz CT molecular complexity index is 2020. The Labute approximate surface area is 404 Å². The zero-order chi connectivity index (χ0) is 53.6. The largest absolute Gasteiger partial charge is 0.481 e. The van der Waals surface area contributed by atoms with E-state index in [0.717, 1.165) is 0 Å². The van der Waals surface area contributed by atoms with Gasteiger partial charge in [0.25, 0.3) is 14.3 Å². The molecule has 0 saturated heterocycles. The number of carboxylic acid groups (broad SMARTS) is 4. The molecule has 70 heavy (non-hydrogen) atoms. The molecule has 392 valence electrons. The number of aliphatic hydroxyl groups is 1. The zero-order valence-corrected chi connectivity index (χ0v) is 41.1. The van der Waals surface area contributed by atoms with Gasteiger partial charge < -0.3 is 77.9 Å². The number of halogens is 1. The normalized spacial score (nSPS) is 13.7. The van der Waals surface area contributed by atoms with Gasteiger partial charge in [-0.3, -0.25) is 33.6 Å². The second-order valence-corrected chi connectivity index (χ2v) is 23.2. The average Bonchev–Trinajstić information content (AvgIpc) is 3.26. The molecule has 0 bridgehead atoms. The molecule has 0 aliphatic heterocycles. The molecule has 1 aromatic rings. The maximum absolute atomic E-state index is 16.6. The lowest BCUT2D eigenvalue weighted by molar-refractivity contribution is -0.142. The standard InChI is InChI=1S/C43H68FN9O16Si/c1-42(2,3)70(44,43(4,5)6)25-11-9-24(10-12-25)35(60)49-22-26(45)36(61)51-30(23-54)37(62)48-21-18-32(56)47-20-17-31(55)46-19-7-8-27(38(63)64)50-33(57)15-13-28(39(65)66)52-41(69)53-29(40(67)68)14-16-34(58)59/h9-12,26-30,54H,7-8,13-23,45H2,1-6H3,(H,46,55)(H,47,56)(H,48,62)(H,49,60)(H,50,57)(H,51,61)(H,58,59)(H,63,64)(H,65,66)(H,67,68)(H2,52,53,69)/t26-,27-,28+,29+,30-/m1/s1. The van der Waals surface area contributed by atoms with Crippen molar-refractivity contribution >= 4 is 78.9 Å². The van der Waals surface area contributed by atoms with Gasteiger partial charge in [0.1, 0.15) is 30.2 Å². The van der Waals surface area contributed by atoms with Crippen molar-refractivity contribution in [2.45, 2.75) is 133 Å². The van der Waals surface area contributed by atoms with E-state index in [1.165, 1.54) is 12.1 Å². The number of carboxylic acids is 4. The van der Waals surface area contributed by atoms with Crippen molar-refractivity contribution in [2.75, 3.05) is 32.8 Å². The molecule has 0 heterocycles. The van der Waals surface area contributed by atoms with Crippen molar-refractivity contribution in [1.82, 2.24) is 42.5 Å². The van der Waals surface area contributed by atoms with Gasteiger partial charge in [-0.25, -0.2) is 19.2 Å². The first kappa shape index (κ1) is 61.3. The molecule has 0 spiro atoms. The van der Waals surface area contributed by atoms with Crippen LogP contribution in [0, 0.1) is 0 Å². The molecule has 0 aromatic heterocycles. The maximum atomic E-state index is 16.6. The molecule has 5 atom stereocenters. The highest BCUT2D eigenvalue weighted by Gasteiger charge is 2.56. The van der Waals surface area contributed by atoms with Crippen LogP contribution in [0.1, 0.15) is 103 Å². The van der Waals surface area contributed by atoms with E-state index in [9.17, 15) is 68.1 Å². The number of benzene rings is 1. The van der Waals surface area contributed by atoms with Crippen LogP contribution in [0.3, 0.4) is 0 Å². The Morgan fingerprint density at radius 1 is 0.571 bits per heavy atom. The molecule has 25 nitrogen and oxygen atoms in total. The highest BCUT2D eigenvalue weighted by Crippen LogP contribution is 2.51. The highest BCUT2D eigenvalue weighted by atomic mass is 28.4. The van der Waals surface area contributed by atoms with Crippen molar-refractivity contribution in [1.29, 1.82) is 0 Å². The Balaban J connectivity index is 2.44. The van der Waals surface area contributed by atoms with Gasteiger partial charge in [-0.15, -0.1) is 0 Å². The van der Waals surface area contributed by atoms with Crippen LogP contribution in [0.4, 0.5) is 8.90 Å². The Morgan fingerprint density at radius 2 is 1.04 bits per heavy atom. The van der Waals surface area contributed by atoms with E-state index < -0.39 is 146 Å². The van der Waals surface area contributed by atoms with Crippen molar-refractivity contribution in [2.24, 2.45) is 5.73 Å². The Morgan fingerprint density at radius 3 is 1.51 bits per heavy atom. The van der Waals surface area contributed by atoms with E-state index in [4.69, 9.17) is 15.9 Å². The number of aliphatic carboxylic acids is 4. The molecular weight excluding hydrogens is 946 g/mol. The minimum Gasteiger partial charge on any atom is -0.481 e. The van der Waals surface area contributed by atoms with Crippen LogP contribution in [0.2, 0.25) is 10.1 Å². The SMILES string of the molecule is CC(C)(C)[Si](F)(c1ccc(C(=O)NC[C@@H](N)C(=O)N[C@H](CO)C(=O)NCCC(=O)NCCC(=O)NCCC[C@@H](NC(=O)CC[C@H](NC(=O)N[C@@H](CCC(=O)O)C(=O)O)C(=O)O)C(=O)O)cc1)C(C)(C)C. The fourth-order valence-electron chi connectivity index (χ4n) is 7.10. The summed E-state index contributed by atoms with van der Waals surface area (Å²) in [7, 11) is -3.56. The Kier molecular flexibility index (Phi) is 25.1. The van der Waals surface area contributed by atoms with Gasteiger partial charge in [0, 0.05) is 57.4 Å². The molecule has 15 N–H and O–H groups in total. The van der Waals surface area contributed by atoms with Crippen molar-refractivity contribution < 1.29 is 82.4 Å². The third-order valence-electron chi connectivity index (χ3n) is 10.7. The number of amides is 8. The molecule has 0 unspecified atom stereocenters.